The van der Waals surface area contributed by atoms with Gasteiger partial charge in [-0.1, -0.05) is 206 Å². The van der Waals surface area contributed by atoms with E-state index in [4.69, 9.17) is 0 Å². The molecule has 0 fully saturated rings. The summed E-state index contributed by atoms with van der Waals surface area (Å²) in [5.74, 6) is 0. The van der Waals surface area contributed by atoms with E-state index in [1.165, 1.54) is 82.4 Å². The van der Waals surface area contributed by atoms with Gasteiger partial charge in [0.1, 0.15) is 0 Å². The molecule has 0 saturated carbocycles. The average Bonchev–Trinajstić information content (AvgIpc) is 3.34. The van der Waals surface area contributed by atoms with Gasteiger partial charge in [-0.2, -0.15) is 0 Å². The largest absolute Gasteiger partial charge is 0.310 e. The van der Waals surface area contributed by atoms with Crippen LogP contribution in [0.1, 0.15) is 0 Å². The van der Waals surface area contributed by atoms with Gasteiger partial charge < -0.3 is 4.90 Å². The van der Waals surface area contributed by atoms with Gasteiger partial charge in [-0.3, -0.25) is 0 Å². The molecule has 0 spiro atoms. The maximum atomic E-state index is 2.39. The van der Waals surface area contributed by atoms with Gasteiger partial charge in [-0.05, 0) is 130 Å². The Balaban J connectivity index is 1.01. The maximum Gasteiger partial charge on any atom is 0.0468 e. The van der Waals surface area contributed by atoms with Gasteiger partial charge in [0.2, 0.25) is 0 Å². The van der Waals surface area contributed by atoms with Crippen LogP contribution in [0.4, 0.5) is 17.1 Å². The fourth-order valence-corrected chi connectivity index (χ4v) is 8.98. The third-order valence-electron chi connectivity index (χ3n) is 12.1. The predicted octanol–water partition coefficient (Wildman–Crippen LogP) is 17.0. The van der Waals surface area contributed by atoms with E-state index in [2.05, 4.69) is 254 Å². The van der Waals surface area contributed by atoms with Crippen molar-refractivity contribution in [2.24, 2.45) is 0 Å². The molecule has 0 N–H and O–H groups in total. The smallest absolute Gasteiger partial charge is 0.0468 e. The highest BCUT2D eigenvalue weighted by molar-refractivity contribution is 6.08. The lowest BCUT2D eigenvalue weighted by atomic mass is 9.91. The fraction of sp³-hybridized carbons (Fsp3) is 0. The van der Waals surface area contributed by atoms with Gasteiger partial charge in [0.05, 0.1) is 0 Å². The summed E-state index contributed by atoms with van der Waals surface area (Å²) in [6.07, 6.45) is 0. The minimum absolute atomic E-state index is 1.09. The molecule has 0 aliphatic carbocycles. The van der Waals surface area contributed by atoms with Crippen LogP contribution in [-0.2, 0) is 0 Å². The molecule has 0 atom stereocenters. The number of anilines is 3. The molecule has 0 aromatic heterocycles. The summed E-state index contributed by atoms with van der Waals surface area (Å²) in [5.41, 5.74) is 15.3. The molecule has 0 amide bonds. The molecule has 0 saturated heterocycles. The lowest BCUT2D eigenvalue weighted by Crippen LogP contribution is -2.10. The van der Waals surface area contributed by atoms with Crippen molar-refractivity contribution < 1.29 is 0 Å². The summed E-state index contributed by atoms with van der Waals surface area (Å²) < 4.78 is 0. The van der Waals surface area contributed by atoms with E-state index >= 15 is 0 Å². The Labute approximate surface area is 357 Å². The molecule has 0 unspecified atom stereocenters. The second-order valence-corrected chi connectivity index (χ2v) is 15.7. The number of benzene rings is 11. The molecule has 11 aromatic rings. The van der Waals surface area contributed by atoms with E-state index in [9.17, 15) is 0 Å². The highest BCUT2D eigenvalue weighted by atomic mass is 15.1. The molecule has 0 radical (unpaired) electrons. The summed E-state index contributed by atoms with van der Waals surface area (Å²) in [4.78, 5) is 2.39. The van der Waals surface area contributed by atoms with Crippen LogP contribution < -0.4 is 4.90 Å². The summed E-state index contributed by atoms with van der Waals surface area (Å²) in [7, 11) is 0. The third-order valence-corrected chi connectivity index (χ3v) is 12.1. The van der Waals surface area contributed by atoms with Crippen molar-refractivity contribution >= 4 is 49.4 Å². The van der Waals surface area contributed by atoms with Crippen LogP contribution in [0.5, 0.6) is 0 Å². The van der Waals surface area contributed by atoms with Crippen LogP contribution in [0.25, 0.3) is 88.0 Å². The van der Waals surface area contributed by atoms with Gasteiger partial charge in [-0.15, -0.1) is 0 Å². The van der Waals surface area contributed by atoms with Crippen molar-refractivity contribution in [1.29, 1.82) is 0 Å². The Kier molecular flexibility index (Phi) is 9.26. The zero-order valence-corrected chi connectivity index (χ0v) is 33.6. The molecule has 0 aliphatic rings. The highest BCUT2D eigenvalue weighted by Gasteiger charge is 2.17. The van der Waals surface area contributed by atoms with Crippen molar-refractivity contribution in [3.8, 4) is 55.6 Å². The van der Waals surface area contributed by atoms with Crippen LogP contribution >= 0.6 is 0 Å². The number of nitrogens with zero attached hydrogens (tertiary/aromatic N) is 1. The van der Waals surface area contributed by atoms with Crippen molar-refractivity contribution in [3.05, 3.63) is 249 Å². The van der Waals surface area contributed by atoms with E-state index in [-0.39, 0.29) is 0 Å². The van der Waals surface area contributed by atoms with Gasteiger partial charge >= 0.3 is 0 Å². The monoisotopic (exact) mass is 775 g/mol. The number of fused-ring (bicyclic) bond motifs is 4. The SMILES string of the molecule is c1ccc(-c2ccc(-c3cccc(N(c4ccc(-c5ccc(-c6cccc7ccccc67)cc5)cc4)c4ccc5c(ccc6ccccc65)c4)c3)c(-c3ccccc3)c2)cc1. The summed E-state index contributed by atoms with van der Waals surface area (Å²) in [6.45, 7) is 0. The highest BCUT2D eigenvalue weighted by Crippen LogP contribution is 2.42. The molecule has 0 aliphatic heterocycles. The van der Waals surface area contributed by atoms with Crippen molar-refractivity contribution in [2.45, 2.75) is 0 Å². The zero-order valence-electron chi connectivity index (χ0n) is 33.6. The van der Waals surface area contributed by atoms with E-state index in [1.807, 2.05) is 0 Å². The Morgan fingerprint density at radius 3 is 1.46 bits per heavy atom. The average molecular weight is 776 g/mol. The lowest BCUT2D eigenvalue weighted by Gasteiger charge is -2.27. The molecule has 1 nitrogen and oxygen atoms in total. The van der Waals surface area contributed by atoms with Crippen molar-refractivity contribution in [3.63, 3.8) is 0 Å². The summed E-state index contributed by atoms with van der Waals surface area (Å²) in [5, 5.41) is 7.51. The molecular weight excluding hydrogens is 735 g/mol. The van der Waals surface area contributed by atoms with E-state index in [0.717, 1.165) is 22.6 Å². The van der Waals surface area contributed by atoms with Crippen LogP contribution in [-0.4, -0.2) is 0 Å². The first-order chi connectivity index (χ1) is 30.2. The quantitative estimate of drug-likeness (QED) is 0.139. The Hall–Kier alpha value is -8.00. The van der Waals surface area contributed by atoms with Crippen LogP contribution in [0.3, 0.4) is 0 Å². The summed E-state index contributed by atoms with van der Waals surface area (Å²) >= 11 is 0. The molecule has 0 heterocycles. The first kappa shape index (κ1) is 36.1. The van der Waals surface area contributed by atoms with Gasteiger partial charge in [-0.25, -0.2) is 0 Å². The molecule has 61 heavy (non-hydrogen) atoms. The van der Waals surface area contributed by atoms with Gasteiger partial charge in [0, 0.05) is 17.1 Å². The number of rotatable bonds is 8. The van der Waals surface area contributed by atoms with E-state index < -0.39 is 0 Å². The molecule has 11 rings (SSSR count). The van der Waals surface area contributed by atoms with Crippen molar-refractivity contribution in [1.82, 2.24) is 0 Å². The first-order valence-electron chi connectivity index (χ1n) is 21.0. The Morgan fingerprint density at radius 1 is 0.197 bits per heavy atom. The minimum Gasteiger partial charge on any atom is -0.310 e. The normalized spacial score (nSPS) is 11.3. The van der Waals surface area contributed by atoms with E-state index in [0.29, 0.717) is 0 Å². The predicted molar refractivity (Wildman–Crippen MR) is 261 cm³/mol. The summed E-state index contributed by atoms with van der Waals surface area (Å²) in [6, 6.07) is 90.5. The van der Waals surface area contributed by atoms with Gasteiger partial charge in [0.25, 0.3) is 0 Å². The van der Waals surface area contributed by atoms with Crippen LogP contribution in [0.2, 0.25) is 0 Å². The third kappa shape index (κ3) is 6.93. The Bertz CT molecular complexity index is 3330. The maximum absolute atomic E-state index is 2.39. The lowest BCUT2D eigenvalue weighted by molar-refractivity contribution is 1.29. The minimum atomic E-state index is 1.09. The number of hydrogen-bond acceptors (Lipinski definition) is 1. The van der Waals surface area contributed by atoms with E-state index in [1.54, 1.807) is 0 Å². The Morgan fingerprint density at radius 2 is 0.689 bits per heavy atom. The number of hydrogen-bond donors (Lipinski definition) is 0. The molecule has 0 bridgehead atoms. The molecule has 11 aromatic carbocycles. The zero-order chi connectivity index (χ0) is 40.5. The molecule has 1 heteroatoms. The second kappa shape index (κ2) is 15.6. The fourth-order valence-electron chi connectivity index (χ4n) is 8.98. The van der Waals surface area contributed by atoms with Crippen LogP contribution in [0, 0.1) is 0 Å². The molecular formula is C60H41N. The van der Waals surface area contributed by atoms with Crippen LogP contribution in [0.15, 0.2) is 249 Å². The topological polar surface area (TPSA) is 3.24 Å². The van der Waals surface area contributed by atoms with Gasteiger partial charge in [0.15, 0.2) is 0 Å². The second-order valence-electron chi connectivity index (χ2n) is 15.7. The van der Waals surface area contributed by atoms with Crippen molar-refractivity contribution in [2.75, 3.05) is 4.90 Å². The molecule has 286 valence electrons. The standard InChI is InChI=1S/C60H41N/c1-3-13-42(14-4-1)49-33-37-59(60(41-49)46-15-5-2-6-16-46)50-20-11-21-53(39-50)61(54-36-38-58-51(40-54)30-29-47-18-8-10-23-56(47)58)52-34-31-44(32-35-52)43-25-27-48(28-26-43)57-24-12-19-45-17-7-9-22-55(45)57/h1-41H. The first-order valence-corrected chi connectivity index (χ1v) is 21.0.